The fourth-order valence-electron chi connectivity index (χ4n) is 2.23. The molecule has 1 heterocycles. The van der Waals surface area contributed by atoms with E-state index in [-0.39, 0.29) is 5.95 Å². The van der Waals surface area contributed by atoms with E-state index in [4.69, 9.17) is 5.11 Å². The Hall–Kier alpha value is -3.26. The summed E-state index contributed by atoms with van der Waals surface area (Å²) in [6, 6.07) is 14.9. The number of halogens is 1. The lowest BCUT2D eigenvalue weighted by Gasteiger charge is -2.11. The molecule has 0 saturated heterocycles. The fourth-order valence-corrected chi connectivity index (χ4v) is 2.63. The van der Waals surface area contributed by atoms with Gasteiger partial charge >= 0.3 is 5.97 Å². The molecule has 0 aliphatic heterocycles. The number of nitrogens with one attached hydrogen (secondary N) is 2. The summed E-state index contributed by atoms with van der Waals surface area (Å²) in [7, 11) is 0. The van der Waals surface area contributed by atoms with Crippen molar-refractivity contribution in [3.8, 4) is 0 Å². The molecule has 0 aliphatic carbocycles. The lowest BCUT2D eigenvalue weighted by Crippen LogP contribution is -2.12. The molecule has 0 atom stereocenters. The molecular formula is C18H13BrN4O3. The number of hydrogen-bond donors (Lipinski definition) is 3. The van der Waals surface area contributed by atoms with Gasteiger partial charge in [0.15, 0.2) is 0 Å². The van der Waals surface area contributed by atoms with Crippen LogP contribution in [0.5, 0.6) is 0 Å². The van der Waals surface area contributed by atoms with Crippen molar-refractivity contribution in [3.05, 3.63) is 65.2 Å². The molecule has 1 aromatic heterocycles. The van der Waals surface area contributed by atoms with Crippen LogP contribution in [0.25, 0.3) is 10.9 Å². The summed E-state index contributed by atoms with van der Waals surface area (Å²) in [5, 5.41) is 15.0. The molecule has 2 aromatic carbocycles. The van der Waals surface area contributed by atoms with Crippen molar-refractivity contribution in [3.63, 3.8) is 0 Å². The Bertz CT molecular complexity index is 1020. The van der Waals surface area contributed by atoms with E-state index in [9.17, 15) is 9.59 Å². The average molecular weight is 413 g/mol. The molecule has 0 radical (unpaired) electrons. The Kier molecular flexibility index (Phi) is 5.23. The largest absolute Gasteiger partial charge is 0.478 e. The van der Waals surface area contributed by atoms with E-state index in [0.29, 0.717) is 11.3 Å². The van der Waals surface area contributed by atoms with Crippen LogP contribution in [-0.4, -0.2) is 27.0 Å². The molecule has 0 spiro atoms. The molecule has 0 saturated carbocycles. The number of carboxylic acid groups (broad SMARTS) is 1. The Balaban J connectivity index is 1.96. The van der Waals surface area contributed by atoms with Gasteiger partial charge in [0.05, 0.1) is 5.52 Å². The number of fused-ring (bicyclic) bond motifs is 1. The van der Waals surface area contributed by atoms with E-state index in [1.165, 1.54) is 0 Å². The van der Waals surface area contributed by atoms with Crippen LogP contribution in [0.2, 0.25) is 0 Å². The summed E-state index contributed by atoms with van der Waals surface area (Å²) in [5.74, 6) is -1.25. The lowest BCUT2D eigenvalue weighted by molar-refractivity contribution is -0.131. The molecule has 0 fully saturated rings. The second kappa shape index (κ2) is 7.75. The van der Waals surface area contributed by atoms with Gasteiger partial charge in [0.2, 0.25) is 5.95 Å². The monoisotopic (exact) mass is 412 g/mol. The maximum Gasteiger partial charge on any atom is 0.328 e. The molecule has 1 amide bonds. The molecule has 0 aliphatic rings. The summed E-state index contributed by atoms with van der Waals surface area (Å²) < 4.78 is 0.910. The van der Waals surface area contributed by atoms with E-state index in [1.54, 1.807) is 6.07 Å². The highest BCUT2D eigenvalue weighted by atomic mass is 79.9. The van der Waals surface area contributed by atoms with Crippen LogP contribution in [0.15, 0.2) is 65.2 Å². The summed E-state index contributed by atoms with van der Waals surface area (Å²) in [5.41, 5.74) is 1.45. The summed E-state index contributed by atoms with van der Waals surface area (Å²) in [6.07, 6.45) is 1.65. The molecule has 26 heavy (non-hydrogen) atoms. The van der Waals surface area contributed by atoms with Crippen molar-refractivity contribution in [1.29, 1.82) is 0 Å². The highest BCUT2D eigenvalue weighted by molar-refractivity contribution is 9.10. The van der Waals surface area contributed by atoms with Gasteiger partial charge in [-0.05, 0) is 30.3 Å². The maximum absolute atomic E-state index is 11.8. The van der Waals surface area contributed by atoms with Gasteiger partial charge in [0, 0.05) is 27.7 Å². The number of para-hydroxylation sites is 1. The van der Waals surface area contributed by atoms with Crippen LogP contribution in [0, 0.1) is 0 Å². The summed E-state index contributed by atoms with van der Waals surface area (Å²) >= 11 is 3.42. The standard InChI is InChI=1S/C18H13BrN4O3/c19-11-4-3-5-12(10-11)20-17-13-6-1-2-7-14(13)21-18(23-17)22-15(24)8-9-16(25)26/h1-10H,(H,25,26)(H2,20,21,22,23,24). The normalized spacial score (nSPS) is 10.8. The number of aliphatic carboxylic acids is 1. The predicted molar refractivity (Wildman–Crippen MR) is 102 cm³/mol. The zero-order chi connectivity index (χ0) is 18.5. The van der Waals surface area contributed by atoms with E-state index >= 15 is 0 Å². The fraction of sp³-hybridized carbons (Fsp3) is 0. The molecule has 3 rings (SSSR count). The Morgan fingerprint density at radius 1 is 1.04 bits per heavy atom. The third-order valence-corrected chi connectivity index (χ3v) is 3.80. The van der Waals surface area contributed by atoms with Gasteiger partial charge in [-0.1, -0.05) is 34.1 Å². The van der Waals surface area contributed by atoms with Crippen LogP contribution in [0.4, 0.5) is 17.5 Å². The summed E-state index contributed by atoms with van der Waals surface area (Å²) in [4.78, 5) is 30.9. The zero-order valence-electron chi connectivity index (χ0n) is 13.3. The van der Waals surface area contributed by atoms with Crippen molar-refractivity contribution in [2.45, 2.75) is 0 Å². The number of carbonyl (C=O) groups excluding carboxylic acids is 1. The number of benzene rings is 2. The molecule has 3 N–H and O–H groups in total. The Labute approximate surface area is 156 Å². The first kappa shape index (κ1) is 17.6. The molecule has 0 bridgehead atoms. The van der Waals surface area contributed by atoms with Gasteiger partial charge in [0.25, 0.3) is 5.91 Å². The molecule has 3 aromatic rings. The van der Waals surface area contributed by atoms with Crippen LogP contribution >= 0.6 is 15.9 Å². The minimum Gasteiger partial charge on any atom is -0.478 e. The number of anilines is 3. The molecule has 7 nitrogen and oxygen atoms in total. The van der Waals surface area contributed by atoms with Crippen LogP contribution in [0.1, 0.15) is 0 Å². The van der Waals surface area contributed by atoms with Crippen molar-refractivity contribution >= 4 is 56.2 Å². The minimum absolute atomic E-state index is 0.0706. The summed E-state index contributed by atoms with van der Waals surface area (Å²) in [6.45, 7) is 0. The van der Waals surface area contributed by atoms with Crippen molar-refractivity contribution in [2.24, 2.45) is 0 Å². The van der Waals surface area contributed by atoms with Gasteiger partial charge in [-0.25, -0.2) is 9.78 Å². The van der Waals surface area contributed by atoms with Gasteiger partial charge in [-0.2, -0.15) is 4.98 Å². The SMILES string of the molecule is O=C(O)C=CC(=O)Nc1nc(Nc2cccc(Br)c2)c2ccccc2n1. The zero-order valence-corrected chi connectivity index (χ0v) is 14.9. The topological polar surface area (TPSA) is 104 Å². The Morgan fingerprint density at radius 3 is 2.62 bits per heavy atom. The second-order valence-electron chi connectivity index (χ2n) is 5.21. The quantitative estimate of drug-likeness (QED) is 0.551. The first-order chi connectivity index (χ1) is 12.5. The molecular weight excluding hydrogens is 400 g/mol. The van der Waals surface area contributed by atoms with E-state index in [0.717, 1.165) is 27.7 Å². The first-order valence-electron chi connectivity index (χ1n) is 7.52. The molecule has 130 valence electrons. The van der Waals surface area contributed by atoms with Gasteiger partial charge in [0.1, 0.15) is 5.82 Å². The number of amides is 1. The highest BCUT2D eigenvalue weighted by Crippen LogP contribution is 2.26. The van der Waals surface area contributed by atoms with Crippen LogP contribution in [0.3, 0.4) is 0 Å². The van der Waals surface area contributed by atoms with Crippen LogP contribution in [-0.2, 0) is 9.59 Å². The van der Waals surface area contributed by atoms with Crippen molar-refractivity contribution < 1.29 is 14.7 Å². The van der Waals surface area contributed by atoms with E-state index < -0.39 is 11.9 Å². The van der Waals surface area contributed by atoms with Crippen molar-refractivity contribution in [1.82, 2.24) is 9.97 Å². The van der Waals surface area contributed by atoms with Crippen LogP contribution < -0.4 is 10.6 Å². The first-order valence-corrected chi connectivity index (χ1v) is 8.32. The van der Waals surface area contributed by atoms with Gasteiger partial charge in [-0.3, -0.25) is 10.1 Å². The van der Waals surface area contributed by atoms with E-state index in [1.807, 2.05) is 42.5 Å². The van der Waals surface area contributed by atoms with Gasteiger partial charge in [-0.15, -0.1) is 0 Å². The third kappa shape index (κ3) is 4.42. The second-order valence-corrected chi connectivity index (χ2v) is 6.12. The minimum atomic E-state index is -1.21. The third-order valence-electron chi connectivity index (χ3n) is 3.30. The number of hydrogen-bond acceptors (Lipinski definition) is 5. The average Bonchev–Trinajstić information content (AvgIpc) is 2.60. The number of carbonyl (C=O) groups is 2. The number of nitrogens with zero attached hydrogens (tertiary/aromatic N) is 2. The lowest BCUT2D eigenvalue weighted by atomic mass is 10.2. The predicted octanol–water partition coefficient (Wildman–Crippen LogP) is 3.72. The van der Waals surface area contributed by atoms with Crippen molar-refractivity contribution in [2.75, 3.05) is 10.6 Å². The number of aromatic nitrogens is 2. The van der Waals surface area contributed by atoms with Gasteiger partial charge < -0.3 is 10.4 Å². The number of rotatable bonds is 5. The molecule has 8 heteroatoms. The number of carboxylic acids is 1. The maximum atomic E-state index is 11.8. The van der Waals surface area contributed by atoms with E-state index in [2.05, 4.69) is 36.5 Å². The molecule has 0 unspecified atom stereocenters. The highest BCUT2D eigenvalue weighted by Gasteiger charge is 2.10. The smallest absolute Gasteiger partial charge is 0.328 e. The Morgan fingerprint density at radius 2 is 1.85 bits per heavy atom.